The van der Waals surface area contributed by atoms with Crippen LogP contribution in [0.4, 0.5) is 0 Å². The fraction of sp³-hybridized carbons (Fsp3) is 0.391. The van der Waals surface area contributed by atoms with Gasteiger partial charge in [0.15, 0.2) is 6.10 Å². The Labute approximate surface area is 161 Å². The number of likely N-dealkylation sites (tertiary alicyclic amines) is 1. The zero-order valence-corrected chi connectivity index (χ0v) is 16.2. The second-order valence-corrected chi connectivity index (χ2v) is 7.37. The van der Waals surface area contributed by atoms with E-state index in [1.165, 1.54) is 0 Å². The zero-order chi connectivity index (χ0) is 19.4. The SMILES string of the molecule is C[C@@H](OC(=O)c1ccc(-c2ccccc2)cc1)C(=O)N1[C@@H](C)CCC[C@@H]1C. The molecular formula is C23H27NO3. The van der Waals surface area contributed by atoms with E-state index in [1.807, 2.05) is 47.4 Å². The summed E-state index contributed by atoms with van der Waals surface area (Å²) in [6, 6.07) is 17.6. The molecule has 4 nitrogen and oxygen atoms in total. The molecule has 2 aromatic rings. The first-order valence-electron chi connectivity index (χ1n) is 9.66. The number of carbonyl (C=O) groups excluding carboxylic acids is 2. The lowest BCUT2D eigenvalue weighted by Gasteiger charge is -2.40. The van der Waals surface area contributed by atoms with Gasteiger partial charge in [-0.15, -0.1) is 0 Å². The Morgan fingerprint density at radius 3 is 2.07 bits per heavy atom. The second-order valence-electron chi connectivity index (χ2n) is 7.37. The third kappa shape index (κ3) is 4.38. The van der Waals surface area contributed by atoms with Crippen molar-refractivity contribution in [2.75, 3.05) is 0 Å². The molecule has 1 fully saturated rings. The summed E-state index contributed by atoms with van der Waals surface area (Å²) in [5.41, 5.74) is 2.58. The molecule has 142 valence electrons. The van der Waals surface area contributed by atoms with Crippen molar-refractivity contribution < 1.29 is 14.3 Å². The number of carbonyl (C=O) groups is 2. The fourth-order valence-corrected chi connectivity index (χ4v) is 3.77. The van der Waals surface area contributed by atoms with Crippen molar-refractivity contribution in [2.24, 2.45) is 0 Å². The van der Waals surface area contributed by atoms with Crippen molar-refractivity contribution in [1.82, 2.24) is 4.90 Å². The van der Waals surface area contributed by atoms with Gasteiger partial charge in [-0.05, 0) is 63.3 Å². The maximum Gasteiger partial charge on any atom is 0.338 e. The summed E-state index contributed by atoms with van der Waals surface area (Å²) in [6.45, 7) is 5.78. The molecule has 0 unspecified atom stereocenters. The fourth-order valence-electron chi connectivity index (χ4n) is 3.77. The first-order chi connectivity index (χ1) is 13.0. The van der Waals surface area contributed by atoms with Gasteiger partial charge < -0.3 is 9.64 Å². The van der Waals surface area contributed by atoms with E-state index in [1.54, 1.807) is 19.1 Å². The lowest BCUT2D eigenvalue weighted by atomic mass is 9.97. The highest BCUT2D eigenvalue weighted by atomic mass is 16.5. The number of ether oxygens (including phenoxy) is 1. The standard InChI is InChI=1S/C23H27NO3/c1-16-8-7-9-17(2)24(16)22(25)18(3)27-23(26)21-14-12-20(13-15-21)19-10-5-4-6-11-19/h4-6,10-18H,7-9H2,1-3H3/t16-,17-,18+/m0/s1. The average molecular weight is 365 g/mol. The molecule has 0 aliphatic carbocycles. The van der Waals surface area contributed by atoms with E-state index < -0.39 is 12.1 Å². The van der Waals surface area contributed by atoms with Crippen LogP contribution in [-0.4, -0.2) is 35.0 Å². The van der Waals surface area contributed by atoms with Gasteiger partial charge in [-0.3, -0.25) is 4.79 Å². The van der Waals surface area contributed by atoms with Crippen LogP contribution in [0.1, 0.15) is 50.4 Å². The van der Waals surface area contributed by atoms with Gasteiger partial charge in [0.1, 0.15) is 0 Å². The number of esters is 1. The Bertz CT molecular complexity index is 775. The molecule has 3 rings (SSSR count). The monoisotopic (exact) mass is 365 g/mol. The number of hydrogen-bond donors (Lipinski definition) is 0. The van der Waals surface area contributed by atoms with Crippen LogP contribution in [0.5, 0.6) is 0 Å². The third-order valence-electron chi connectivity index (χ3n) is 5.31. The van der Waals surface area contributed by atoms with E-state index in [2.05, 4.69) is 13.8 Å². The Balaban J connectivity index is 1.65. The van der Waals surface area contributed by atoms with Gasteiger partial charge in [-0.2, -0.15) is 0 Å². The molecule has 1 aliphatic heterocycles. The van der Waals surface area contributed by atoms with Crippen LogP contribution in [0.3, 0.4) is 0 Å². The summed E-state index contributed by atoms with van der Waals surface area (Å²) in [4.78, 5) is 27.1. The van der Waals surface area contributed by atoms with E-state index in [0.29, 0.717) is 5.56 Å². The van der Waals surface area contributed by atoms with Crippen molar-refractivity contribution in [2.45, 2.75) is 58.2 Å². The lowest BCUT2D eigenvalue weighted by molar-refractivity contribution is -0.146. The molecule has 1 aliphatic rings. The van der Waals surface area contributed by atoms with Gasteiger partial charge in [0.05, 0.1) is 5.56 Å². The molecule has 0 radical (unpaired) electrons. The van der Waals surface area contributed by atoms with E-state index in [0.717, 1.165) is 30.4 Å². The predicted octanol–water partition coefficient (Wildman–Crippen LogP) is 4.69. The van der Waals surface area contributed by atoms with Crippen LogP contribution < -0.4 is 0 Å². The Morgan fingerprint density at radius 2 is 1.48 bits per heavy atom. The maximum absolute atomic E-state index is 12.8. The molecule has 27 heavy (non-hydrogen) atoms. The van der Waals surface area contributed by atoms with Crippen molar-refractivity contribution in [3.8, 4) is 11.1 Å². The molecule has 1 saturated heterocycles. The van der Waals surface area contributed by atoms with Crippen LogP contribution in [0.25, 0.3) is 11.1 Å². The van der Waals surface area contributed by atoms with Crippen LogP contribution in [0.2, 0.25) is 0 Å². The minimum atomic E-state index is -0.783. The molecule has 4 heteroatoms. The zero-order valence-electron chi connectivity index (χ0n) is 16.2. The van der Waals surface area contributed by atoms with Crippen molar-refractivity contribution in [1.29, 1.82) is 0 Å². The number of piperidine rings is 1. The number of nitrogens with zero attached hydrogens (tertiary/aromatic N) is 1. The predicted molar refractivity (Wildman–Crippen MR) is 106 cm³/mol. The molecule has 0 N–H and O–H groups in total. The largest absolute Gasteiger partial charge is 0.449 e. The normalized spacial score (nSPS) is 20.8. The van der Waals surface area contributed by atoms with Gasteiger partial charge >= 0.3 is 5.97 Å². The van der Waals surface area contributed by atoms with Gasteiger partial charge in [-0.1, -0.05) is 42.5 Å². The molecule has 1 heterocycles. The molecule has 0 saturated carbocycles. The molecule has 1 amide bonds. The van der Waals surface area contributed by atoms with Gasteiger partial charge in [0, 0.05) is 12.1 Å². The highest BCUT2D eigenvalue weighted by molar-refractivity contribution is 5.92. The first-order valence-corrected chi connectivity index (χ1v) is 9.66. The summed E-state index contributed by atoms with van der Waals surface area (Å²) < 4.78 is 5.46. The highest BCUT2D eigenvalue weighted by Gasteiger charge is 2.33. The second kappa shape index (κ2) is 8.38. The molecule has 3 atom stereocenters. The van der Waals surface area contributed by atoms with Crippen LogP contribution in [0, 0.1) is 0 Å². The van der Waals surface area contributed by atoms with Crippen molar-refractivity contribution >= 4 is 11.9 Å². The summed E-state index contributed by atoms with van der Waals surface area (Å²) in [5, 5.41) is 0. The Morgan fingerprint density at radius 1 is 0.926 bits per heavy atom. The summed E-state index contributed by atoms with van der Waals surface area (Å²) in [7, 11) is 0. The third-order valence-corrected chi connectivity index (χ3v) is 5.31. The van der Waals surface area contributed by atoms with Gasteiger partial charge in [0.2, 0.25) is 0 Å². The first kappa shape index (κ1) is 19.2. The molecular weight excluding hydrogens is 338 g/mol. The van der Waals surface area contributed by atoms with E-state index >= 15 is 0 Å². The summed E-state index contributed by atoms with van der Waals surface area (Å²) >= 11 is 0. The Kier molecular flexibility index (Phi) is 5.94. The topological polar surface area (TPSA) is 46.6 Å². The van der Waals surface area contributed by atoms with Crippen LogP contribution in [-0.2, 0) is 9.53 Å². The quantitative estimate of drug-likeness (QED) is 0.739. The number of amides is 1. The molecule has 0 bridgehead atoms. The van der Waals surface area contributed by atoms with Crippen molar-refractivity contribution in [3.05, 3.63) is 60.2 Å². The van der Waals surface area contributed by atoms with E-state index in [-0.39, 0.29) is 18.0 Å². The highest BCUT2D eigenvalue weighted by Crippen LogP contribution is 2.24. The number of hydrogen-bond acceptors (Lipinski definition) is 3. The van der Waals surface area contributed by atoms with E-state index in [9.17, 15) is 9.59 Å². The maximum atomic E-state index is 12.8. The Hall–Kier alpha value is -2.62. The minimum absolute atomic E-state index is 0.107. The molecule has 0 spiro atoms. The van der Waals surface area contributed by atoms with Crippen LogP contribution >= 0.6 is 0 Å². The summed E-state index contributed by atoms with van der Waals surface area (Å²) in [6.07, 6.45) is 2.35. The summed E-state index contributed by atoms with van der Waals surface area (Å²) in [5.74, 6) is -0.572. The number of benzene rings is 2. The van der Waals surface area contributed by atoms with Gasteiger partial charge in [-0.25, -0.2) is 4.79 Å². The smallest absolute Gasteiger partial charge is 0.338 e. The number of rotatable bonds is 4. The van der Waals surface area contributed by atoms with Crippen molar-refractivity contribution in [3.63, 3.8) is 0 Å². The lowest BCUT2D eigenvalue weighted by Crippen LogP contribution is -2.51. The van der Waals surface area contributed by atoms with E-state index in [4.69, 9.17) is 4.74 Å². The minimum Gasteiger partial charge on any atom is -0.449 e. The van der Waals surface area contributed by atoms with Crippen LogP contribution in [0.15, 0.2) is 54.6 Å². The van der Waals surface area contributed by atoms with Gasteiger partial charge in [0.25, 0.3) is 5.91 Å². The molecule has 2 aromatic carbocycles. The molecule has 0 aromatic heterocycles. The average Bonchev–Trinajstić information content (AvgIpc) is 2.68.